The smallest absolute Gasteiger partial charge is 0.201 e. The van der Waals surface area contributed by atoms with Crippen LogP contribution in [0, 0.1) is 23.4 Å². The molecule has 1 heterocycles. The van der Waals surface area contributed by atoms with E-state index in [1.807, 2.05) is 6.92 Å². The second-order valence-corrected chi connectivity index (χ2v) is 8.91. The molecule has 1 fully saturated rings. The Kier molecular flexibility index (Phi) is 8.47. The molecule has 1 aliphatic heterocycles. The van der Waals surface area contributed by atoms with Crippen molar-refractivity contribution in [2.75, 3.05) is 19.8 Å². The number of rotatable bonds is 9. The average molecular weight is 485 g/mol. The van der Waals surface area contributed by atoms with Gasteiger partial charge in [0.15, 0.2) is 17.9 Å². The molecule has 0 bridgehead atoms. The molecular formula is C29H31F3O3. The highest BCUT2D eigenvalue weighted by Crippen LogP contribution is 2.33. The zero-order valence-corrected chi connectivity index (χ0v) is 20.2. The lowest BCUT2D eigenvalue weighted by Crippen LogP contribution is -2.27. The van der Waals surface area contributed by atoms with Gasteiger partial charge in [-0.25, -0.2) is 8.78 Å². The quantitative estimate of drug-likeness (QED) is 0.287. The van der Waals surface area contributed by atoms with Crippen LogP contribution in [0.4, 0.5) is 13.2 Å². The van der Waals surface area contributed by atoms with Crippen LogP contribution in [-0.2, 0) is 9.47 Å². The molecule has 186 valence electrons. The van der Waals surface area contributed by atoms with Gasteiger partial charge in [0, 0.05) is 17.0 Å². The lowest BCUT2D eigenvalue weighted by Gasteiger charge is -2.29. The minimum atomic E-state index is -0.992. The van der Waals surface area contributed by atoms with Gasteiger partial charge in [0.05, 0.1) is 19.8 Å². The second kappa shape index (κ2) is 11.7. The third-order valence-electron chi connectivity index (χ3n) is 6.25. The Bertz CT molecular complexity index is 1120. The molecule has 0 saturated carbocycles. The maximum absolute atomic E-state index is 14.9. The summed E-state index contributed by atoms with van der Waals surface area (Å²) in [5.74, 6) is -2.08. The minimum Gasteiger partial charge on any atom is -0.490 e. The van der Waals surface area contributed by atoms with Crippen molar-refractivity contribution < 1.29 is 27.4 Å². The standard InChI is InChI=1S/C29H31F3O3/c1-3-5-15-33-26-14-13-23(27(31)28(26)32)21-9-7-20(8-10-21)22-11-12-24(25(30)16-22)29-34-17-19(6-4-2)18-35-29/h7-14,16,19,29H,3-6,15,17-18H2,1-2H3. The Morgan fingerprint density at radius 1 is 0.800 bits per heavy atom. The van der Waals surface area contributed by atoms with Crippen molar-refractivity contribution in [1.82, 2.24) is 0 Å². The summed E-state index contributed by atoms with van der Waals surface area (Å²) in [4.78, 5) is 0. The fourth-order valence-electron chi connectivity index (χ4n) is 4.23. The van der Waals surface area contributed by atoms with E-state index >= 15 is 0 Å². The van der Waals surface area contributed by atoms with Crippen LogP contribution in [-0.4, -0.2) is 19.8 Å². The summed E-state index contributed by atoms with van der Waals surface area (Å²) in [7, 11) is 0. The third kappa shape index (κ3) is 5.88. The van der Waals surface area contributed by atoms with Crippen molar-refractivity contribution in [3.63, 3.8) is 0 Å². The predicted octanol–water partition coefficient (Wildman–Crippen LogP) is 8.08. The molecule has 3 aromatic carbocycles. The molecule has 0 radical (unpaired) electrons. The highest BCUT2D eigenvalue weighted by molar-refractivity contribution is 5.71. The van der Waals surface area contributed by atoms with E-state index in [1.54, 1.807) is 36.4 Å². The highest BCUT2D eigenvalue weighted by atomic mass is 19.2. The summed E-state index contributed by atoms with van der Waals surface area (Å²) < 4.78 is 60.9. The highest BCUT2D eigenvalue weighted by Gasteiger charge is 2.25. The van der Waals surface area contributed by atoms with Crippen LogP contribution in [0.15, 0.2) is 54.6 Å². The fraction of sp³-hybridized carbons (Fsp3) is 0.379. The first kappa shape index (κ1) is 25.3. The van der Waals surface area contributed by atoms with Crippen molar-refractivity contribution in [2.24, 2.45) is 5.92 Å². The number of ether oxygens (including phenoxy) is 3. The van der Waals surface area contributed by atoms with Gasteiger partial charge < -0.3 is 14.2 Å². The number of unbranched alkanes of at least 4 members (excludes halogenated alkanes) is 1. The van der Waals surface area contributed by atoms with Gasteiger partial charge in [-0.2, -0.15) is 4.39 Å². The first-order valence-corrected chi connectivity index (χ1v) is 12.3. The molecule has 0 amide bonds. The maximum atomic E-state index is 14.9. The molecular weight excluding hydrogens is 453 g/mol. The molecule has 3 nitrogen and oxygen atoms in total. The Hall–Kier alpha value is -2.83. The van der Waals surface area contributed by atoms with Gasteiger partial charge in [-0.05, 0) is 47.7 Å². The van der Waals surface area contributed by atoms with E-state index in [0.717, 1.165) is 31.2 Å². The Labute approximate surface area is 204 Å². The van der Waals surface area contributed by atoms with Crippen LogP contribution in [0.3, 0.4) is 0 Å². The van der Waals surface area contributed by atoms with Gasteiger partial charge in [-0.1, -0.05) is 63.1 Å². The molecule has 3 aromatic rings. The third-order valence-corrected chi connectivity index (χ3v) is 6.25. The largest absolute Gasteiger partial charge is 0.490 e. The van der Waals surface area contributed by atoms with Crippen LogP contribution in [0.1, 0.15) is 51.4 Å². The number of halogens is 3. The molecule has 0 aromatic heterocycles. The van der Waals surface area contributed by atoms with E-state index < -0.39 is 23.7 Å². The molecule has 0 spiro atoms. The summed E-state index contributed by atoms with van der Waals surface area (Å²) in [6, 6.07) is 14.8. The molecule has 0 aliphatic carbocycles. The first-order chi connectivity index (χ1) is 17.0. The lowest BCUT2D eigenvalue weighted by molar-refractivity contribution is -0.207. The SMILES string of the molecule is CCCCOc1ccc(-c2ccc(-c3ccc(C4OCC(CCC)CO4)c(F)c3)cc2)c(F)c1F. The Morgan fingerprint density at radius 3 is 2.14 bits per heavy atom. The molecule has 1 aliphatic rings. The van der Waals surface area contributed by atoms with Crippen molar-refractivity contribution in [1.29, 1.82) is 0 Å². The molecule has 35 heavy (non-hydrogen) atoms. The van der Waals surface area contributed by atoms with E-state index in [2.05, 4.69) is 6.92 Å². The molecule has 0 unspecified atom stereocenters. The summed E-state index contributed by atoms with van der Waals surface area (Å²) in [5.41, 5.74) is 2.47. The van der Waals surface area contributed by atoms with E-state index in [-0.39, 0.29) is 11.3 Å². The van der Waals surface area contributed by atoms with Gasteiger partial charge in [-0.3, -0.25) is 0 Å². The Balaban J connectivity index is 1.47. The fourth-order valence-corrected chi connectivity index (χ4v) is 4.23. The van der Waals surface area contributed by atoms with Crippen molar-refractivity contribution in [3.8, 4) is 28.0 Å². The van der Waals surface area contributed by atoms with E-state index in [9.17, 15) is 13.2 Å². The summed E-state index contributed by atoms with van der Waals surface area (Å²) >= 11 is 0. The van der Waals surface area contributed by atoms with Gasteiger partial charge in [0.2, 0.25) is 5.82 Å². The van der Waals surface area contributed by atoms with Crippen LogP contribution >= 0.6 is 0 Å². The molecule has 0 atom stereocenters. The zero-order chi connectivity index (χ0) is 24.8. The van der Waals surface area contributed by atoms with Crippen LogP contribution in [0.5, 0.6) is 5.75 Å². The van der Waals surface area contributed by atoms with E-state index in [0.29, 0.717) is 42.4 Å². The first-order valence-electron chi connectivity index (χ1n) is 12.3. The number of hydrogen-bond acceptors (Lipinski definition) is 3. The minimum absolute atomic E-state index is 0.0845. The normalized spacial score (nSPS) is 18.0. The topological polar surface area (TPSA) is 27.7 Å². The van der Waals surface area contributed by atoms with Crippen molar-refractivity contribution in [2.45, 2.75) is 45.8 Å². The molecule has 4 rings (SSSR count). The molecule has 1 saturated heterocycles. The molecule has 6 heteroatoms. The number of hydrogen-bond donors (Lipinski definition) is 0. The predicted molar refractivity (Wildman–Crippen MR) is 131 cm³/mol. The van der Waals surface area contributed by atoms with Crippen molar-refractivity contribution in [3.05, 3.63) is 77.6 Å². The van der Waals surface area contributed by atoms with Crippen LogP contribution < -0.4 is 4.74 Å². The van der Waals surface area contributed by atoms with Gasteiger partial charge in [0.25, 0.3) is 0 Å². The van der Waals surface area contributed by atoms with E-state index in [1.165, 1.54) is 18.2 Å². The van der Waals surface area contributed by atoms with Gasteiger partial charge in [-0.15, -0.1) is 0 Å². The lowest BCUT2D eigenvalue weighted by atomic mass is 9.98. The van der Waals surface area contributed by atoms with Gasteiger partial charge >= 0.3 is 0 Å². The monoisotopic (exact) mass is 484 g/mol. The molecule has 0 N–H and O–H groups in total. The summed E-state index contributed by atoms with van der Waals surface area (Å²) in [6.07, 6.45) is 3.06. The summed E-state index contributed by atoms with van der Waals surface area (Å²) in [5, 5.41) is 0. The van der Waals surface area contributed by atoms with Crippen LogP contribution in [0.25, 0.3) is 22.3 Å². The summed E-state index contributed by atoms with van der Waals surface area (Å²) in [6.45, 7) is 5.58. The average Bonchev–Trinajstić information content (AvgIpc) is 2.88. The maximum Gasteiger partial charge on any atom is 0.201 e. The van der Waals surface area contributed by atoms with Crippen molar-refractivity contribution >= 4 is 0 Å². The Morgan fingerprint density at radius 2 is 1.49 bits per heavy atom. The van der Waals surface area contributed by atoms with E-state index in [4.69, 9.17) is 14.2 Å². The van der Waals surface area contributed by atoms with Gasteiger partial charge in [0.1, 0.15) is 5.82 Å². The number of benzene rings is 3. The second-order valence-electron chi connectivity index (χ2n) is 8.91. The van der Waals surface area contributed by atoms with Crippen LogP contribution in [0.2, 0.25) is 0 Å². The zero-order valence-electron chi connectivity index (χ0n) is 20.2.